The van der Waals surface area contributed by atoms with E-state index in [-0.39, 0.29) is 5.78 Å². The van der Waals surface area contributed by atoms with Gasteiger partial charge in [0.1, 0.15) is 5.75 Å². The van der Waals surface area contributed by atoms with Crippen LogP contribution in [-0.2, 0) is 6.42 Å². The molecule has 0 saturated carbocycles. The van der Waals surface area contributed by atoms with E-state index in [0.29, 0.717) is 6.54 Å². The first-order valence-electron chi connectivity index (χ1n) is 7.25. The second kappa shape index (κ2) is 6.71. The number of fused-ring (bicyclic) bond motifs is 1. The van der Waals surface area contributed by atoms with Crippen molar-refractivity contribution in [1.29, 1.82) is 0 Å². The average Bonchev–Trinajstić information content (AvgIpc) is 2.90. The molecular weight excluding hydrogens is 238 g/mol. The number of Topliss-reactive ketones (excluding diaryl/α,β-unsaturated/α-hetero) is 1. The summed E-state index contributed by atoms with van der Waals surface area (Å²) in [4.78, 5) is 14.5. The third-order valence-electron chi connectivity index (χ3n) is 3.65. The molecule has 0 bridgehead atoms. The number of benzene rings is 1. The summed E-state index contributed by atoms with van der Waals surface area (Å²) in [6.45, 7) is 7.49. The number of hydrogen-bond acceptors (Lipinski definition) is 3. The quantitative estimate of drug-likeness (QED) is 0.707. The number of nitrogens with zero attached hydrogens (tertiary/aromatic N) is 1. The van der Waals surface area contributed by atoms with Gasteiger partial charge in [-0.2, -0.15) is 0 Å². The summed E-state index contributed by atoms with van der Waals surface area (Å²) in [5.41, 5.74) is 1.99. The largest absolute Gasteiger partial charge is 0.493 e. The maximum Gasteiger partial charge on any atom is 0.176 e. The summed E-state index contributed by atoms with van der Waals surface area (Å²) >= 11 is 0. The zero-order valence-corrected chi connectivity index (χ0v) is 11.9. The molecule has 1 heterocycles. The minimum atomic E-state index is 0.215. The van der Waals surface area contributed by atoms with Crippen LogP contribution in [0.1, 0.15) is 42.6 Å². The van der Waals surface area contributed by atoms with E-state index in [1.807, 2.05) is 18.2 Å². The van der Waals surface area contributed by atoms with Crippen LogP contribution in [0.15, 0.2) is 18.2 Å². The maximum absolute atomic E-state index is 12.3. The predicted molar refractivity (Wildman–Crippen MR) is 77.0 cm³/mol. The number of carbonyl (C=O) groups is 1. The molecule has 0 saturated heterocycles. The molecule has 3 heteroatoms. The molecule has 0 aliphatic carbocycles. The van der Waals surface area contributed by atoms with Crippen molar-refractivity contribution in [3.63, 3.8) is 0 Å². The molecule has 0 radical (unpaired) electrons. The molecule has 0 amide bonds. The van der Waals surface area contributed by atoms with Gasteiger partial charge >= 0.3 is 0 Å². The Morgan fingerprint density at radius 1 is 1.37 bits per heavy atom. The average molecular weight is 261 g/mol. The Hall–Kier alpha value is -1.35. The molecule has 1 aromatic carbocycles. The third-order valence-corrected chi connectivity index (χ3v) is 3.65. The van der Waals surface area contributed by atoms with Crippen LogP contribution in [0.4, 0.5) is 0 Å². The fraction of sp³-hybridized carbons (Fsp3) is 0.562. The lowest BCUT2D eigenvalue weighted by Crippen LogP contribution is -2.30. The van der Waals surface area contributed by atoms with Crippen molar-refractivity contribution in [3.05, 3.63) is 29.3 Å². The Kier molecular flexibility index (Phi) is 4.97. The fourth-order valence-electron chi connectivity index (χ4n) is 2.39. The van der Waals surface area contributed by atoms with Gasteiger partial charge in [-0.3, -0.25) is 9.69 Å². The number of rotatable bonds is 7. The number of ketones is 1. The fourth-order valence-corrected chi connectivity index (χ4v) is 2.39. The second-order valence-corrected chi connectivity index (χ2v) is 5.07. The van der Waals surface area contributed by atoms with E-state index in [4.69, 9.17) is 4.74 Å². The Morgan fingerprint density at radius 2 is 2.21 bits per heavy atom. The van der Waals surface area contributed by atoms with Crippen LogP contribution >= 0.6 is 0 Å². The number of likely N-dealkylation sites (N-methyl/N-ethyl adjacent to an activating group) is 1. The van der Waals surface area contributed by atoms with E-state index in [1.54, 1.807) is 0 Å². The van der Waals surface area contributed by atoms with Gasteiger partial charge in [0.15, 0.2) is 5.78 Å². The van der Waals surface area contributed by atoms with Gasteiger partial charge < -0.3 is 4.74 Å². The molecule has 104 valence electrons. The smallest absolute Gasteiger partial charge is 0.176 e. The van der Waals surface area contributed by atoms with Crippen molar-refractivity contribution in [1.82, 2.24) is 4.90 Å². The summed E-state index contributed by atoms with van der Waals surface area (Å²) in [5.74, 6) is 1.16. The van der Waals surface area contributed by atoms with Crippen molar-refractivity contribution in [2.75, 3.05) is 26.2 Å². The number of ether oxygens (including phenoxy) is 1. The molecule has 0 unspecified atom stereocenters. The van der Waals surface area contributed by atoms with E-state index < -0.39 is 0 Å². The predicted octanol–water partition coefficient (Wildman–Crippen LogP) is 2.93. The summed E-state index contributed by atoms with van der Waals surface area (Å²) in [6.07, 6.45) is 3.24. The van der Waals surface area contributed by atoms with Gasteiger partial charge in [0.25, 0.3) is 0 Å². The van der Waals surface area contributed by atoms with E-state index in [1.165, 1.54) is 12.0 Å². The van der Waals surface area contributed by atoms with Gasteiger partial charge in [-0.05, 0) is 43.3 Å². The molecule has 0 aromatic heterocycles. The molecule has 0 N–H and O–H groups in total. The highest BCUT2D eigenvalue weighted by molar-refractivity contribution is 5.98. The van der Waals surface area contributed by atoms with Gasteiger partial charge in [-0.15, -0.1) is 0 Å². The van der Waals surface area contributed by atoms with Crippen LogP contribution in [0.5, 0.6) is 5.75 Å². The van der Waals surface area contributed by atoms with Crippen molar-refractivity contribution in [2.24, 2.45) is 0 Å². The van der Waals surface area contributed by atoms with Gasteiger partial charge in [-0.25, -0.2) is 0 Å². The van der Waals surface area contributed by atoms with Gasteiger partial charge in [0.05, 0.1) is 13.2 Å². The first kappa shape index (κ1) is 14.1. The van der Waals surface area contributed by atoms with Crippen molar-refractivity contribution in [2.45, 2.75) is 33.1 Å². The Balaban J connectivity index is 1.99. The van der Waals surface area contributed by atoms with Crippen LogP contribution in [0.3, 0.4) is 0 Å². The van der Waals surface area contributed by atoms with E-state index >= 15 is 0 Å². The summed E-state index contributed by atoms with van der Waals surface area (Å²) in [6, 6.07) is 5.82. The van der Waals surface area contributed by atoms with E-state index in [2.05, 4.69) is 18.7 Å². The van der Waals surface area contributed by atoms with Gasteiger partial charge in [0, 0.05) is 12.0 Å². The standard InChI is InChI=1S/C16H23NO2/c1-3-5-9-17(4-2)12-15(18)13-6-7-16-14(11-13)8-10-19-16/h6-7,11H,3-5,8-10,12H2,1-2H3. The zero-order chi connectivity index (χ0) is 13.7. The maximum atomic E-state index is 12.3. The first-order valence-corrected chi connectivity index (χ1v) is 7.25. The lowest BCUT2D eigenvalue weighted by atomic mass is 10.1. The van der Waals surface area contributed by atoms with E-state index in [0.717, 1.165) is 43.9 Å². The minimum Gasteiger partial charge on any atom is -0.493 e. The number of hydrogen-bond donors (Lipinski definition) is 0. The molecule has 2 rings (SSSR count). The first-order chi connectivity index (χ1) is 9.24. The Bertz CT molecular complexity index is 442. The third kappa shape index (κ3) is 3.57. The zero-order valence-electron chi connectivity index (χ0n) is 11.9. The minimum absolute atomic E-state index is 0.215. The number of carbonyl (C=O) groups excluding carboxylic acids is 1. The summed E-state index contributed by atoms with van der Waals surface area (Å²) in [7, 11) is 0. The molecule has 1 aliphatic rings. The monoisotopic (exact) mass is 261 g/mol. The van der Waals surface area contributed by atoms with Crippen LogP contribution in [0.25, 0.3) is 0 Å². The van der Waals surface area contributed by atoms with Crippen molar-refractivity contribution >= 4 is 5.78 Å². The van der Waals surface area contributed by atoms with Crippen LogP contribution < -0.4 is 4.74 Å². The lowest BCUT2D eigenvalue weighted by Gasteiger charge is -2.19. The molecule has 0 atom stereocenters. The highest BCUT2D eigenvalue weighted by atomic mass is 16.5. The molecular formula is C16H23NO2. The molecule has 1 aromatic rings. The summed E-state index contributed by atoms with van der Waals surface area (Å²) in [5, 5.41) is 0. The topological polar surface area (TPSA) is 29.5 Å². The molecule has 0 spiro atoms. The SMILES string of the molecule is CCCCN(CC)CC(=O)c1ccc2c(c1)CCO2. The second-order valence-electron chi connectivity index (χ2n) is 5.07. The summed E-state index contributed by atoms with van der Waals surface area (Å²) < 4.78 is 5.47. The lowest BCUT2D eigenvalue weighted by molar-refractivity contribution is 0.0933. The van der Waals surface area contributed by atoms with Crippen LogP contribution in [0.2, 0.25) is 0 Å². The molecule has 3 nitrogen and oxygen atoms in total. The molecule has 1 aliphatic heterocycles. The molecule has 19 heavy (non-hydrogen) atoms. The van der Waals surface area contributed by atoms with E-state index in [9.17, 15) is 4.79 Å². The Labute approximate surface area is 115 Å². The number of unbranched alkanes of at least 4 members (excludes halogenated alkanes) is 1. The van der Waals surface area contributed by atoms with Crippen molar-refractivity contribution in [3.8, 4) is 5.75 Å². The highest BCUT2D eigenvalue weighted by Crippen LogP contribution is 2.26. The van der Waals surface area contributed by atoms with Crippen molar-refractivity contribution < 1.29 is 9.53 Å². The Morgan fingerprint density at radius 3 is 2.95 bits per heavy atom. The molecule has 0 fully saturated rings. The van der Waals surface area contributed by atoms with Gasteiger partial charge in [-0.1, -0.05) is 20.3 Å². The van der Waals surface area contributed by atoms with Crippen LogP contribution in [-0.4, -0.2) is 36.9 Å². The van der Waals surface area contributed by atoms with Gasteiger partial charge in [0.2, 0.25) is 0 Å². The highest BCUT2D eigenvalue weighted by Gasteiger charge is 2.16. The normalized spacial score (nSPS) is 13.4. The van der Waals surface area contributed by atoms with Crippen LogP contribution in [0, 0.1) is 0 Å².